The summed E-state index contributed by atoms with van der Waals surface area (Å²) >= 11 is 0. The van der Waals surface area contributed by atoms with Crippen LogP contribution in [0.15, 0.2) is 0 Å². The Kier molecular flexibility index (Phi) is 4.43. The zero-order valence-electron chi connectivity index (χ0n) is 10.5. The molecule has 0 amide bonds. The van der Waals surface area contributed by atoms with Gasteiger partial charge >= 0.3 is 0 Å². The second kappa shape index (κ2) is 4.80. The first-order valence-electron chi connectivity index (χ1n) is 5.90. The van der Waals surface area contributed by atoms with Gasteiger partial charge in [-0.1, -0.05) is 27.2 Å². The van der Waals surface area contributed by atoms with E-state index in [9.17, 15) is 0 Å². The van der Waals surface area contributed by atoms with E-state index in [0.717, 1.165) is 8.58 Å². The van der Waals surface area contributed by atoms with Crippen molar-refractivity contribution in [1.82, 2.24) is 0 Å². The van der Waals surface area contributed by atoms with Gasteiger partial charge < -0.3 is 0 Å². The van der Waals surface area contributed by atoms with Crippen LogP contribution in [0, 0.1) is 0 Å². The van der Waals surface area contributed by atoms with Crippen molar-refractivity contribution in [3.63, 3.8) is 0 Å². The van der Waals surface area contributed by atoms with Crippen molar-refractivity contribution in [3.05, 3.63) is 0 Å². The maximum atomic E-state index is 2.58. The Morgan fingerprint density at radius 2 is 2.14 bits per heavy atom. The van der Waals surface area contributed by atoms with Crippen molar-refractivity contribution >= 4 is 16.5 Å². The lowest BCUT2D eigenvalue weighted by Gasteiger charge is -2.47. The highest BCUT2D eigenvalue weighted by atomic mass is 31.1. The minimum absolute atomic E-state index is 0.291. The van der Waals surface area contributed by atoms with Crippen LogP contribution in [-0.2, 0) is 0 Å². The van der Waals surface area contributed by atoms with E-state index in [1.54, 1.807) is 0 Å². The lowest BCUT2D eigenvalue weighted by atomic mass is 9.86. The molecule has 0 aromatic heterocycles. The van der Waals surface area contributed by atoms with Crippen LogP contribution in [0.4, 0.5) is 0 Å². The van der Waals surface area contributed by atoms with Gasteiger partial charge in [0.1, 0.15) is 0 Å². The predicted molar refractivity (Wildman–Crippen MR) is 72.9 cm³/mol. The molecular weight excluding hydrogens is 206 g/mol. The summed E-state index contributed by atoms with van der Waals surface area (Å²) in [6, 6.07) is 0. The molecule has 0 saturated carbocycles. The summed E-state index contributed by atoms with van der Waals surface area (Å²) in [4.78, 5) is 0. The van der Waals surface area contributed by atoms with E-state index in [2.05, 4.69) is 34.1 Å². The first kappa shape index (κ1) is 12.9. The van der Waals surface area contributed by atoms with E-state index in [0.29, 0.717) is 18.2 Å². The second-order valence-corrected chi connectivity index (χ2v) is 9.56. The normalized spacial score (nSPS) is 37.9. The van der Waals surface area contributed by atoms with E-state index in [1.807, 2.05) is 0 Å². The summed E-state index contributed by atoms with van der Waals surface area (Å²) in [5, 5.41) is 1.32. The third-order valence-corrected chi connectivity index (χ3v) is 9.99. The smallest absolute Gasteiger partial charge is 0.00346 e. The maximum Gasteiger partial charge on any atom is -0.00346 e. The lowest BCUT2D eigenvalue weighted by Crippen LogP contribution is -2.42. The SMILES string of the molecule is CCC[C@@](C)(PC)[C@@]1(C)CCCP1C. The highest BCUT2D eigenvalue weighted by Gasteiger charge is 2.48. The van der Waals surface area contributed by atoms with Gasteiger partial charge in [0.25, 0.3) is 0 Å². The number of hydrogen-bond acceptors (Lipinski definition) is 0. The summed E-state index contributed by atoms with van der Waals surface area (Å²) in [6.45, 7) is 12.4. The van der Waals surface area contributed by atoms with Gasteiger partial charge in [-0.3, -0.25) is 0 Å². The average molecular weight is 232 g/mol. The van der Waals surface area contributed by atoms with Crippen LogP contribution in [-0.4, -0.2) is 29.8 Å². The monoisotopic (exact) mass is 232 g/mol. The van der Waals surface area contributed by atoms with Crippen LogP contribution < -0.4 is 0 Å². The molecule has 1 rings (SSSR count). The topological polar surface area (TPSA) is 0 Å². The molecule has 1 saturated heterocycles. The van der Waals surface area contributed by atoms with Crippen molar-refractivity contribution < 1.29 is 0 Å². The van der Waals surface area contributed by atoms with Crippen LogP contribution >= 0.6 is 16.5 Å². The van der Waals surface area contributed by atoms with E-state index >= 15 is 0 Å². The van der Waals surface area contributed by atoms with Gasteiger partial charge in [-0.2, -0.15) is 0 Å². The van der Waals surface area contributed by atoms with E-state index in [-0.39, 0.29) is 0 Å². The fourth-order valence-electron chi connectivity index (χ4n) is 2.96. The van der Waals surface area contributed by atoms with Gasteiger partial charge in [0.2, 0.25) is 0 Å². The molecule has 0 radical (unpaired) electrons. The minimum atomic E-state index is 0.291. The van der Waals surface area contributed by atoms with Crippen molar-refractivity contribution in [2.45, 2.75) is 56.8 Å². The standard InChI is InChI=1S/C12H26P2/c1-6-8-11(2,13-4)12(3)9-7-10-14(12)5/h13H,6-10H2,1-5H3/t11-,12-,14?/m1/s1. The van der Waals surface area contributed by atoms with E-state index in [4.69, 9.17) is 0 Å². The van der Waals surface area contributed by atoms with E-state index < -0.39 is 0 Å². The molecule has 0 aliphatic carbocycles. The Morgan fingerprint density at radius 1 is 1.50 bits per heavy atom. The van der Waals surface area contributed by atoms with Gasteiger partial charge in [0, 0.05) is 0 Å². The molecular formula is C12H26P2. The Bertz CT molecular complexity index is 193. The van der Waals surface area contributed by atoms with Crippen LogP contribution in [0.25, 0.3) is 0 Å². The third-order valence-electron chi connectivity index (χ3n) is 4.49. The van der Waals surface area contributed by atoms with Gasteiger partial charge in [0.05, 0.1) is 0 Å². The van der Waals surface area contributed by atoms with Crippen molar-refractivity contribution in [3.8, 4) is 0 Å². The van der Waals surface area contributed by atoms with Crippen LogP contribution in [0.1, 0.15) is 46.5 Å². The zero-order valence-corrected chi connectivity index (χ0v) is 12.4. The lowest BCUT2D eigenvalue weighted by molar-refractivity contribution is 0.424. The molecule has 84 valence electrons. The largest absolute Gasteiger partial charge is 0.118 e. The van der Waals surface area contributed by atoms with Crippen molar-refractivity contribution in [2.75, 3.05) is 19.5 Å². The Labute approximate surface area is 93.2 Å². The minimum Gasteiger partial charge on any atom is -0.118 e. The second-order valence-electron chi connectivity index (χ2n) is 5.13. The van der Waals surface area contributed by atoms with Gasteiger partial charge in [-0.15, -0.1) is 16.5 Å². The highest BCUT2D eigenvalue weighted by Crippen LogP contribution is 2.65. The first-order valence-corrected chi connectivity index (χ1v) is 9.38. The summed E-state index contributed by atoms with van der Waals surface area (Å²) in [7, 11) is 1.41. The molecule has 1 aliphatic rings. The van der Waals surface area contributed by atoms with E-state index in [1.165, 1.54) is 31.8 Å². The summed E-state index contributed by atoms with van der Waals surface area (Å²) < 4.78 is 0. The Morgan fingerprint density at radius 3 is 2.50 bits per heavy atom. The third kappa shape index (κ3) is 2.03. The van der Waals surface area contributed by atoms with Crippen LogP contribution in [0.3, 0.4) is 0 Å². The summed E-state index contributed by atoms with van der Waals surface area (Å²) in [5.41, 5.74) is 0. The first-order chi connectivity index (χ1) is 6.50. The summed E-state index contributed by atoms with van der Waals surface area (Å²) in [5.74, 6) is 0. The molecule has 0 spiro atoms. The van der Waals surface area contributed by atoms with Crippen LogP contribution in [0.2, 0.25) is 0 Å². The van der Waals surface area contributed by atoms with Crippen molar-refractivity contribution in [2.24, 2.45) is 0 Å². The molecule has 0 N–H and O–H groups in total. The molecule has 1 fully saturated rings. The number of rotatable bonds is 4. The molecule has 4 atom stereocenters. The summed E-state index contributed by atoms with van der Waals surface area (Å²) in [6.07, 6.45) is 7.30. The quantitative estimate of drug-likeness (QED) is 0.625. The molecule has 14 heavy (non-hydrogen) atoms. The molecule has 1 aliphatic heterocycles. The highest BCUT2D eigenvalue weighted by molar-refractivity contribution is 7.60. The van der Waals surface area contributed by atoms with Gasteiger partial charge in [0.15, 0.2) is 0 Å². The molecule has 2 unspecified atom stereocenters. The van der Waals surface area contributed by atoms with Gasteiger partial charge in [-0.05, 0) is 49.1 Å². The molecule has 0 bridgehead atoms. The number of hydrogen-bond donors (Lipinski definition) is 0. The molecule has 0 nitrogen and oxygen atoms in total. The predicted octanol–water partition coefficient (Wildman–Crippen LogP) is 4.52. The molecule has 2 heteroatoms. The maximum absolute atomic E-state index is 2.58. The van der Waals surface area contributed by atoms with Crippen molar-refractivity contribution in [1.29, 1.82) is 0 Å². The Balaban J connectivity index is 2.86. The fourth-order valence-corrected chi connectivity index (χ4v) is 7.65. The Hall–Kier alpha value is 0.860. The van der Waals surface area contributed by atoms with Crippen LogP contribution in [0.5, 0.6) is 0 Å². The molecule has 1 heterocycles. The fraction of sp³-hybridized carbons (Fsp3) is 1.00. The zero-order chi connectivity index (χ0) is 10.8. The molecule has 0 aromatic carbocycles. The average Bonchev–Trinajstić information content (AvgIpc) is 2.49. The van der Waals surface area contributed by atoms with Gasteiger partial charge in [-0.25, -0.2) is 0 Å². The molecule has 0 aromatic rings.